The number of rotatable bonds is 10. The maximum Gasteiger partial charge on any atom is 0.210 e. The molecule has 2 aliphatic rings. The molecule has 0 saturated carbocycles. The van der Waals surface area contributed by atoms with Crippen molar-refractivity contribution in [2.75, 3.05) is 19.0 Å². The number of benzene rings is 6. The molecule has 0 spiro atoms. The highest BCUT2D eigenvalue weighted by atomic mass is 15.2. The van der Waals surface area contributed by atoms with Crippen LogP contribution in [0.3, 0.4) is 0 Å². The van der Waals surface area contributed by atoms with E-state index in [0.29, 0.717) is 0 Å². The van der Waals surface area contributed by atoms with Gasteiger partial charge in [0, 0.05) is 41.6 Å². The number of likely N-dealkylation sites (N-methyl/N-ethyl adjacent to an activating group) is 1. The molecule has 2 aliphatic heterocycles. The highest BCUT2D eigenvalue weighted by Crippen LogP contribution is 2.54. The van der Waals surface area contributed by atoms with Crippen molar-refractivity contribution in [3.63, 3.8) is 0 Å². The average molecular weight is 662 g/mol. The lowest BCUT2D eigenvalue weighted by Gasteiger charge is -2.33. The summed E-state index contributed by atoms with van der Waals surface area (Å²) in [4.78, 5) is 2.42. The predicted molar refractivity (Wildman–Crippen MR) is 218 cm³/mol. The van der Waals surface area contributed by atoms with Crippen LogP contribution in [0.15, 0.2) is 183 Å². The molecular weight excluding hydrogens is 617 g/mol. The van der Waals surface area contributed by atoms with E-state index in [2.05, 4.69) is 201 Å². The van der Waals surface area contributed by atoms with Gasteiger partial charge in [-0.05, 0) is 82.1 Å². The molecule has 6 aromatic rings. The molecule has 6 aromatic carbocycles. The van der Waals surface area contributed by atoms with Gasteiger partial charge in [0.1, 0.15) is 7.05 Å². The van der Waals surface area contributed by atoms with Crippen molar-refractivity contribution in [3.8, 4) is 0 Å². The molecule has 2 unspecified atom stereocenters. The standard InChI is InChI=1S/C49H45N2/c1-5-32-48(34-36-18-9-7-10-19-36)44(50(3)42-30-28-38-22-13-15-24-40(38)46(42)48)26-17-27-45-49(33-6-2,35-37-20-11-8-12-21-37)47-41-25-16-14-23-39(41)29-31-43(47)51(45)4/h5-31H,1-2,32-35H2,3-4H3/q+1. The fraction of sp³-hybridized carbons (Fsp3) is 0.163. The van der Waals surface area contributed by atoms with Crippen molar-refractivity contribution in [2.45, 2.75) is 36.5 Å². The number of nitrogens with zero attached hydrogens (tertiary/aromatic N) is 2. The van der Waals surface area contributed by atoms with E-state index >= 15 is 0 Å². The van der Waals surface area contributed by atoms with Crippen molar-refractivity contribution in [2.24, 2.45) is 0 Å². The smallest absolute Gasteiger partial charge is 0.210 e. The van der Waals surface area contributed by atoms with Crippen LogP contribution in [-0.2, 0) is 23.7 Å². The van der Waals surface area contributed by atoms with Crippen LogP contribution in [0.4, 0.5) is 11.4 Å². The summed E-state index contributed by atoms with van der Waals surface area (Å²) in [6.07, 6.45) is 14.7. The molecule has 2 atom stereocenters. The zero-order chi connectivity index (χ0) is 35.0. The third-order valence-electron chi connectivity index (χ3n) is 11.4. The maximum atomic E-state index is 4.32. The lowest BCUT2D eigenvalue weighted by molar-refractivity contribution is -0.401. The van der Waals surface area contributed by atoms with Gasteiger partial charge < -0.3 is 4.90 Å². The van der Waals surface area contributed by atoms with Crippen LogP contribution in [0.25, 0.3) is 21.5 Å². The van der Waals surface area contributed by atoms with Crippen LogP contribution in [0, 0.1) is 0 Å². The minimum atomic E-state index is -0.286. The molecule has 8 rings (SSSR count). The Bertz CT molecular complexity index is 2380. The zero-order valence-corrected chi connectivity index (χ0v) is 29.7. The normalized spacial score (nSPS) is 20.4. The third-order valence-corrected chi connectivity index (χ3v) is 11.4. The largest absolute Gasteiger partial charge is 0.347 e. The minimum absolute atomic E-state index is 0.286. The third kappa shape index (κ3) is 5.29. The molecule has 2 heteroatoms. The molecular formula is C49H45N2+. The van der Waals surface area contributed by atoms with Crippen LogP contribution in [0.2, 0.25) is 0 Å². The number of fused-ring (bicyclic) bond motifs is 6. The van der Waals surface area contributed by atoms with Gasteiger partial charge in [-0.1, -0.05) is 133 Å². The second-order valence-electron chi connectivity index (χ2n) is 14.3. The summed E-state index contributed by atoms with van der Waals surface area (Å²) >= 11 is 0. The molecule has 0 saturated heterocycles. The number of hydrogen-bond donors (Lipinski definition) is 0. The van der Waals surface area contributed by atoms with Gasteiger partial charge in [-0.3, -0.25) is 0 Å². The van der Waals surface area contributed by atoms with Gasteiger partial charge in [-0.25, -0.2) is 0 Å². The van der Waals surface area contributed by atoms with E-state index in [1.54, 1.807) is 0 Å². The van der Waals surface area contributed by atoms with E-state index in [1.165, 1.54) is 66.6 Å². The van der Waals surface area contributed by atoms with Gasteiger partial charge in [0.2, 0.25) is 5.69 Å². The molecule has 0 bridgehead atoms. The highest BCUT2D eigenvalue weighted by molar-refractivity contribution is 6.08. The van der Waals surface area contributed by atoms with Gasteiger partial charge >= 0.3 is 0 Å². The monoisotopic (exact) mass is 661 g/mol. The Morgan fingerprint density at radius 2 is 1.14 bits per heavy atom. The Morgan fingerprint density at radius 3 is 1.76 bits per heavy atom. The summed E-state index contributed by atoms with van der Waals surface area (Å²) in [5, 5.41) is 5.16. The van der Waals surface area contributed by atoms with Crippen LogP contribution in [0.5, 0.6) is 0 Å². The first kappa shape index (κ1) is 32.5. The van der Waals surface area contributed by atoms with Gasteiger partial charge in [0.05, 0.1) is 5.41 Å². The zero-order valence-electron chi connectivity index (χ0n) is 29.7. The summed E-state index contributed by atoms with van der Waals surface area (Å²) in [6.45, 7) is 8.64. The molecule has 51 heavy (non-hydrogen) atoms. The number of hydrogen-bond acceptors (Lipinski definition) is 1. The summed E-state index contributed by atoms with van der Waals surface area (Å²) in [6, 6.07) is 48.7. The Balaban J connectivity index is 1.32. The fourth-order valence-corrected chi connectivity index (χ4v) is 9.31. The topological polar surface area (TPSA) is 6.25 Å². The summed E-state index contributed by atoms with van der Waals surface area (Å²) in [7, 11) is 4.47. The Labute approximate surface area is 302 Å². The van der Waals surface area contributed by atoms with E-state index in [9.17, 15) is 0 Å². The van der Waals surface area contributed by atoms with E-state index in [0.717, 1.165) is 25.7 Å². The summed E-state index contributed by atoms with van der Waals surface area (Å²) in [5.41, 5.74) is 9.96. The molecule has 2 nitrogen and oxygen atoms in total. The van der Waals surface area contributed by atoms with Gasteiger partial charge in [-0.2, -0.15) is 4.58 Å². The highest BCUT2D eigenvalue weighted by Gasteiger charge is 2.51. The van der Waals surface area contributed by atoms with Gasteiger partial charge in [-0.15, -0.1) is 13.2 Å². The second-order valence-corrected chi connectivity index (χ2v) is 14.3. The molecule has 0 radical (unpaired) electrons. The summed E-state index contributed by atoms with van der Waals surface area (Å²) in [5.74, 6) is 0. The number of allylic oxidation sites excluding steroid dienone is 6. The lowest BCUT2D eigenvalue weighted by Crippen LogP contribution is -2.36. The van der Waals surface area contributed by atoms with Gasteiger partial charge in [0.25, 0.3) is 0 Å². The molecule has 2 heterocycles. The van der Waals surface area contributed by atoms with Crippen LogP contribution >= 0.6 is 0 Å². The Morgan fingerprint density at radius 1 is 0.608 bits per heavy atom. The quantitative estimate of drug-likeness (QED) is 0.105. The Hall–Kier alpha value is -5.73. The molecule has 0 N–H and O–H groups in total. The summed E-state index contributed by atoms with van der Waals surface area (Å²) < 4.78 is 2.42. The van der Waals surface area contributed by atoms with Crippen molar-refractivity contribution in [3.05, 3.63) is 205 Å². The lowest BCUT2D eigenvalue weighted by atomic mass is 9.69. The van der Waals surface area contributed by atoms with Crippen molar-refractivity contribution in [1.82, 2.24) is 0 Å². The first-order valence-electron chi connectivity index (χ1n) is 18.1. The van der Waals surface area contributed by atoms with E-state index in [4.69, 9.17) is 0 Å². The van der Waals surface area contributed by atoms with Crippen LogP contribution in [-0.4, -0.2) is 24.4 Å². The van der Waals surface area contributed by atoms with E-state index < -0.39 is 0 Å². The minimum Gasteiger partial charge on any atom is -0.347 e. The molecule has 0 aliphatic carbocycles. The molecule has 250 valence electrons. The fourth-order valence-electron chi connectivity index (χ4n) is 9.31. The average Bonchev–Trinajstić information content (AvgIpc) is 3.53. The predicted octanol–water partition coefficient (Wildman–Crippen LogP) is 11.4. The first-order chi connectivity index (χ1) is 25.0. The first-order valence-corrected chi connectivity index (χ1v) is 18.1. The SMILES string of the molecule is C=CCC1(Cc2ccccc2)C(/C=C/C=C2/N(C)c3ccc4ccccc4c3C2(CC=C)Cc2ccccc2)=[N+](C)c2ccc3ccccc3c21. The van der Waals surface area contributed by atoms with E-state index in [-0.39, 0.29) is 10.8 Å². The van der Waals surface area contributed by atoms with Crippen molar-refractivity contribution >= 4 is 38.6 Å². The van der Waals surface area contributed by atoms with Crippen LogP contribution in [0.1, 0.15) is 35.1 Å². The van der Waals surface area contributed by atoms with Crippen molar-refractivity contribution in [1.29, 1.82) is 0 Å². The Kier molecular flexibility index (Phi) is 8.40. The molecule has 0 fully saturated rings. The maximum absolute atomic E-state index is 4.32. The number of anilines is 1. The van der Waals surface area contributed by atoms with Crippen LogP contribution < -0.4 is 4.90 Å². The second kappa shape index (κ2) is 13.2. The molecule has 0 amide bonds. The molecule has 0 aromatic heterocycles. The van der Waals surface area contributed by atoms with Crippen molar-refractivity contribution < 1.29 is 4.58 Å². The van der Waals surface area contributed by atoms with E-state index in [1.807, 2.05) is 0 Å². The van der Waals surface area contributed by atoms with Gasteiger partial charge in [0.15, 0.2) is 5.71 Å².